The SMILES string of the molecule is CC(C)C(CNC(=O)OC(C)(C)C)NCc1ccc(Br)c(Cl)c1. The number of amides is 1. The Hall–Kier alpha value is -0.780. The number of nitrogens with one attached hydrogen (secondary N) is 2. The van der Waals surface area contributed by atoms with Gasteiger partial charge in [-0.3, -0.25) is 0 Å². The predicted octanol–water partition coefficient (Wildman–Crippen LogP) is 4.74. The Bertz CT molecular complexity index is 530. The highest BCUT2D eigenvalue weighted by Gasteiger charge is 2.18. The molecule has 4 nitrogen and oxygen atoms in total. The fourth-order valence-corrected chi connectivity index (χ4v) is 2.40. The molecule has 6 heteroatoms. The van der Waals surface area contributed by atoms with E-state index in [4.69, 9.17) is 16.3 Å². The molecule has 0 aliphatic carbocycles. The van der Waals surface area contributed by atoms with E-state index in [9.17, 15) is 4.79 Å². The van der Waals surface area contributed by atoms with E-state index in [2.05, 4.69) is 40.4 Å². The summed E-state index contributed by atoms with van der Waals surface area (Å²) in [5, 5.41) is 6.97. The fraction of sp³-hybridized carbons (Fsp3) is 0.588. The number of carbonyl (C=O) groups excluding carboxylic acids is 1. The van der Waals surface area contributed by atoms with Gasteiger partial charge in [0.15, 0.2) is 0 Å². The second-order valence-electron chi connectivity index (χ2n) is 6.86. The van der Waals surface area contributed by atoms with Crippen LogP contribution in [-0.4, -0.2) is 24.3 Å². The molecule has 0 fully saturated rings. The maximum absolute atomic E-state index is 11.8. The van der Waals surface area contributed by atoms with Crippen molar-refractivity contribution in [3.05, 3.63) is 33.3 Å². The Morgan fingerprint density at radius 3 is 2.52 bits per heavy atom. The van der Waals surface area contributed by atoms with Crippen LogP contribution in [0.1, 0.15) is 40.2 Å². The van der Waals surface area contributed by atoms with Crippen LogP contribution < -0.4 is 10.6 Å². The fourth-order valence-electron chi connectivity index (χ4n) is 1.95. The topological polar surface area (TPSA) is 50.4 Å². The summed E-state index contributed by atoms with van der Waals surface area (Å²) in [6.45, 7) is 11.0. The van der Waals surface area contributed by atoms with Crippen LogP contribution in [0.5, 0.6) is 0 Å². The zero-order valence-electron chi connectivity index (χ0n) is 14.4. The molecular weight excluding hydrogens is 380 g/mol. The van der Waals surface area contributed by atoms with E-state index < -0.39 is 11.7 Å². The van der Waals surface area contributed by atoms with Crippen molar-refractivity contribution in [3.8, 4) is 0 Å². The maximum Gasteiger partial charge on any atom is 0.407 e. The van der Waals surface area contributed by atoms with Gasteiger partial charge in [0, 0.05) is 23.6 Å². The second kappa shape index (κ2) is 8.90. The van der Waals surface area contributed by atoms with Crippen molar-refractivity contribution in [2.75, 3.05) is 6.54 Å². The van der Waals surface area contributed by atoms with Crippen LogP contribution in [0.25, 0.3) is 0 Å². The number of hydrogen-bond donors (Lipinski definition) is 2. The van der Waals surface area contributed by atoms with E-state index in [1.54, 1.807) is 0 Å². The third-order valence-corrected chi connectivity index (χ3v) is 4.45. The second-order valence-corrected chi connectivity index (χ2v) is 8.12. The van der Waals surface area contributed by atoms with E-state index in [0.717, 1.165) is 10.0 Å². The number of halogens is 2. The van der Waals surface area contributed by atoms with Crippen molar-refractivity contribution >= 4 is 33.6 Å². The van der Waals surface area contributed by atoms with Crippen molar-refractivity contribution in [1.82, 2.24) is 10.6 Å². The number of hydrogen-bond acceptors (Lipinski definition) is 3. The Kier molecular flexibility index (Phi) is 7.84. The lowest BCUT2D eigenvalue weighted by Crippen LogP contribution is -2.45. The monoisotopic (exact) mass is 404 g/mol. The van der Waals surface area contributed by atoms with Crippen molar-refractivity contribution in [2.24, 2.45) is 5.92 Å². The van der Waals surface area contributed by atoms with Crippen LogP contribution in [0, 0.1) is 5.92 Å². The van der Waals surface area contributed by atoms with E-state index in [0.29, 0.717) is 24.0 Å². The predicted molar refractivity (Wildman–Crippen MR) is 98.9 cm³/mol. The van der Waals surface area contributed by atoms with Gasteiger partial charge < -0.3 is 15.4 Å². The van der Waals surface area contributed by atoms with Crippen LogP contribution in [0.2, 0.25) is 5.02 Å². The largest absolute Gasteiger partial charge is 0.444 e. The summed E-state index contributed by atoms with van der Waals surface area (Å²) in [6, 6.07) is 6.02. The lowest BCUT2D eigenvalue weighted by Gasteiger charge is -2.25. The van der Waals surface area contributed by atoms with E-state index in [1.165, 1.54) is 0 Å². The molecule has 0 heterocycles. The zero-order chi connectivity index (χ0) is 17.6. The average Bonchev–Trinajstić information content (AvgIpc) is 2.40. The number of carbonyl (C=O) groups is 1. The summed E-state index contributed by atoms with van der Waals surface area (Å²) in [5.74, 6) is 0.371. The van der Waals surface area contributed by atoms with Gasteiger partial charge in [0.2, 0.25) is 0 Å². The minimum absolute atomic E-state index is 0.143. The summed E-state index contributed by atoms with van der Waals surface area (Å²) in [5.41, 5.74) is 0.611. The zero-order valence-corrected chi connectivity index (χ0v) is 16.7. The third kappa shape index (κ3) is 8.04. The Balaban J connectivity index is 2.52. The van der Waals surface area contributed by atoms with Crippen molar-refractivity contribution in [1.29, 1.82) is 0 Å². The van der Waals surface area contributed by atoms with Gasteiger partial charge in [-0.25, -0.2) is 4.79 Å². The first kappa shape index (κ1) is 20.3. The molecule has 1 aromatic carbocycles. The number of rotatable bonds is 6. The smallest absolute Gasteiger partial charge is 0.407 e. The molecule has 0 bridgehead atoms. The molecule has 0 aliphatic rings. The lowest BCUT2D eigenvalue weighted by molar-refractivity contribution is 0.0519. The number of benzene rings is 1. The highest BCUT2D eigenvalue weighted by atomic mass is 79.9. The first-order valence-corrected chi connectivity index (χ1v) is 8.89. The van der Waals surface area contributed by atoms with E-state index in [-0.39, 0.29) is 6.04 Å². The molecule has 130 valence electrons. The van der Waals surface area contributed by atoms with Gasteiger partial charge >= 0.3 is 6.09 Å². The van der Waals surface area contributed by atoms with Crippen molar-refractivity contribution in [2.45, 2.75) is 52.8 Å². The molecule has 0 aliphatic heterocycles. The molecule has 0 saturated heterocycles. The summed E-state index contributed by atoms with van der Waals surface area (Å²) in [6.07, 6.45) is -0.392. The summed E-state index contributed by atoms with van der Waals surface area (Å²) in [4.78, 5) is 11.8. The Labute approximate surface area is 152 Å². The Morgan fingerprint density at radius 2 is 2.00 bits per heavy atom. The average molecular weight is 406 g/mol. The number of alkyl carbamates (subject to hydrolysis) is 1. The standard InChI is InChI=1S/C17H26BrClN2O2/c1-11(2)15(10-21-16(22)23-17(3,4)5)20-9-12-6-7-13(18)14(19)8-12/h6-8,11,15,20H,9-10H2,1-5H3,(H,21,22). The van der Waals surface area contributed by atoms with Gasteiger partial charge in [-0.2, -0.15) is 0 Å². The third-order valence-electron chi connectivity index (χ3n) is 3.22. The summed E-state index contributed by atoms with van der Waals surface area (Å²) in [7, 11) is 0. The van der Waals surface area contributed by atoms with Gasteiger partial charge in [-0.15, -0.1) is 0 Å². The molecule has 0 radical (unpaired) electrons. The first-order chi connectivity index (χ1) is 10.6. The summed E-state index contributed by atoms with van der Waals surface area (Å²) < 4.78 is 6.14. The molecule has 1 atom stereocenters. The molecule has 23 heavy (non-hydrogen) atoms. The van der Waals surface area contributed by atoms with Gasteiger partial charge in [-0.1, -0.05) is 31.5 Å². The molecule has 2 N–H and O–H groups in total. The normalized spacial score (nSPS) is 13.0. The minimum atomic E-state index is -0.487. The van der Waals surface area contributed by atoms with Crippen LogP contribution in [0.15, 0.2) is 22.7 Å². The molecule has 1 aromatic rings. The van der Waals surface area contributed by atoms with Gasteiger partial charge in [0.1, 0.15) is 5.60 Å². The first-order valence-electron chi connectivity index (χ1n) is 7.72. The highest BCUT2D eigenvalue weighted by molar-refractivity contribution is 9.10. The van der Waals surface area contributed by atoms with Crippen LogP contribution in [-0.2, 0) is 11.3 Å². The van der Waals surface area contributed by atoms with Crippen LogP contribution in [0.3, 0.4) is 0 Å². The van der Waals surface area contributed by atoms with E-state index >= 15 is 0 Å². The van der Waals surface area contributed by atoms with Gasteiger partial charge in [0.05, 0.1) is 5.02 Å². The molecule has 1 unspecified atom stereocenters. The highest BCUT2D eigenvalue weighted by Crippen LogP contribution is 2.23. The molecule has 0 saturated carbocycles. The molecule has 1 amide bonds. The van der Waals surface area contributed by atoms with Crippen LogP contribution in [0.4, 0.5) is 4.79 Å². The van der Waals surface area contributed by atoms with Crippen molar-refractivity contribution in [3.63, 3.8) is 0 Å². The number of ether oxygens (including phenoxy) is 1. The minimum Gasteiger partial charge on any atom is -0.444 e. The summed E-state index contributed by atoms with van der Waals surface area (Å²) >= 11 is 9.49. The molecule has 0 spiro atoms. The van der Waals surface area contributed by atoms with Gasteiger partial charge in [-0.05, 0) is 60.3 Å². The van der Waals surface area contributed by atoms with Crippen molar-refractivity contribution < 1.29 is 9.53 Å². The lowest BCUT2D eigenvalue weighted by atomic mass is 10.0. The quantitative estimate of drug-likeness (QED) is 0.718. The van der Waals surface area contributed by atoms with E-state index in [1.807, 2.05) is 39.0 Å². The Morgan fingerprint density at radius 1 is 1.35 bits per heavy atom. The van der Waals surface area contributed by atoms with Crippen LogP contribution >= 0.6 is 27.5 Å². The van der Waals surface area contributed by atoms with Gasteiger partial charge in [0.25, 0.3) is 0 Å². The molecule has 1 rings (SSSR count). The molecular formula is C17H26BrClN2O2. The molecule has 0 aromatic heterocycles. The maximum atomic E-state index is 11.8.